The molecular weight excluding hydrogens is 396 g/mol. The van der Waals surface area contributed by atoms with Gasteiger partial charge in [0.1, 0.15) is 5.69 Å². The molecule has 0 atom stereocenters. The monoisotopic (exact) mass is 410 g/mol. The van der Waals surface area contributed by atoms with E-state index in [0.29, 0.717) is 27.9 Å². The third-order valence-corrected chi connectivity index (χ3v) is 5.16. The zero-order valence-electron chi connectivity index (χ0n) is 14.8. The lowest BCUT2D eigenvalue weighted by molar-refractivity contribution is 0.101. The van der Waals surface area contributed by atoms with Crippen LogP contribution in [-0.2, 0) is 7.05 Å². The Labute approximate surface area is 169 Å². The molecule has 0 aliphatic heterocycles. The molecule has 0 aliphatic carbocycles. The van der Waals surface area contributed by atoms with Gasteiger partial charge < -0.3 is 15.6 Å². The van der Waals surface area contributed by atoms with Crippen LogP contribution in [-0.4, -0.2) is 25.4 Å². The third kappa shape index (κ3) is 3.60. The van der Waals surface area contributed by atoms with Gasteiger partial charge in [0.2, 0.25) is 5.28 Å². The molecule has 3 N–H and O–H groups in total. The maximum absolute atomic E-state index is 12.5. The molecule has 0 aliphatic rings. The van der Waals surface area contributed by atoms with E-state index < -0.39 is 0 Å². The minimum absolute atomic E-state index is 0.152. The van der Waals surface area contributed by atoms with Crippen LogP contribution in [0.2, 0.25) is 5.28 Å². The maximum Gasteiger partial charge on any atom is 0.272 e. The quantitative estimate of drug-likeness (QED) is 0.493. The van der Waals surface area contributed by atoms with Gasteiger partial charge in [-0.25, -0.2) is 15.0 Å². The molecule has 9 heteroatoms. The van der Waals surface area contributed by atoms with Crippen molar-refractivity contribution < 1.29 is 4.79 Å². The molecule has 3 heterocycles. The predicted octanol–water partition coefficient (Wildman–Crippen LogP) is 4.09. The number of aromatic nitrogens is 4. The molecule has 0 bridgehead atoms. The number of amides is 1. The molecule has 4 rings (SSSR count). The Kier molecular flexibility index (Phi) is 4.81. The summed E-state index contributed by atoms with van der Waals surface area (Å²) in [6, 6.07) is 12.8. The van der Waals surface area contributed by atoms with Crippen molar-refractivity contribution in [3.05, 3.63) is 65.8 Å². The first kappa shape index (κ1) is 18.1. The molecule has 7 nitrogen and oxygen atoms in total. The summed E-state index contributed by atoms with van der Waals surface area (Å²) in [5, 5.41) is 3.47. The zero-order chi connectivity index (χ0) is 19.7. The van der Waals surface area contributed by atoms with Gasteiger partial charge in [-0.2, -0.15) is 0 Å². The number of hydrogen-bond acceptors (Lipinski definition) is 6. The van der Waals surface area contributed by atoms with Gasteiger partial charge in [-0.15, -0.1) is 0 Å². The van der Waals surface area contributed by atoms with Crippen molar-refractivity contribution in [3.63, 3.8) is 0 Å². The smallest absolute Gasteiger partial charge is 0.272 e. The Balaban J connectivity index is 1.69. The fraction of sp³-hybridized carbons (Fsp3) is 0.0526. The summed E-state index contributed by atoms with van der Waals surface area (Å²) in [6.45, 7) is 0. The Hall–Kier alpha value is -3.23. The van der Waals surface area contributed by atoms with Gasteiger partial charge in [0.05, 0.1) is 16.3 Å². The van der Waals surface area contributed by atoms with E-state index in [1.54, 1.807) is 22.9 Å². The second-order valence-electron chi connectivity index (χ2n) is 5.98. The molecule has 0 saturated carbocycles. The van der Waals surface area contributed by atoms with Crippen LogP contribution in [0, 0.1) is 0 Å². The summed E-state index contributed by atoms with van der Waals surface area (Å²) in [5.74, 6) is -0.190. The highest BCUT2D eigenvalue weighted by molar-refractivity contribution is 7.19. The SMILES string of the molecule is Cn1cccc1C(=O)Nc1cccc(-c2nc(N)sc2-c2ccnc(Cl)n2)c1. The molecule has 3 aromatic heterocycles. The standard InChI is InChI=1S/C19H15ClN6OS/c1-26-9-3-6-14(26)17(27)23-12-5-2-4-11(10-12)15-16(28-19(21)25-15)13-7-8-22-18(20)24-13/h2-10H,1H3,(H2,21,25)(H,23,27). The van der Waals surface area contributed by atoms with Crippen LogP contribution in [0.25, 0.3) is 21.8 Å². The van der Waals surface area contributed by atoms with E-state index in [1.165, 1.54) is 11.3 Å². The van der Waals surface area contributed by atoms with Gasteiger partial charge in [0, 0.05) is 30.7 Å². The maximum atomic E-state index is 12.5. The number of carbonyl (C=O) groups is 1. The van der Waals surface area contributed by atoms with E-state index in [2.05, 4.69) is 20.3 Å². The van der Waals surface area contributed by atoms with Crippen LogP contribution >= 0.6 is 22.9 Å². The van der Waals surface area contributed by atoms with Crippen LogP contribution in [0.5, 0.6) is 0 Å². The van der Waals surface area contributed by atoms with E-state index in [9.17, 15) is 4.79 Å². The van der Waals surface area contributed by atoms with Gasteiger partial charge >= 0.3 is 0 Å². The minimum atomic E-state index is -0.190. The molecular formula is C19H15ClN6OS. The third-order valence-electron chi connectivity index (χ3n) is 4.07. The number of carbonyl (C=O) groups excluding carboxylic acids is 1. The number of hydrogen-bond donors (Lipinski definition) is 2. The number of aryl methyl sites for hydroxylation is 1. The van der Waals surface area contributed by atoms with E-state index in [1.807, 2.05) is 43.6 Å². The summed E-state index contributed by atoms with van der Waals surface area (Å²) in [5.41, 5.74) is 9.30. The Morgan fingerprint density at radius 2 is 2.07 bits per heavy atom. The number of nitrogen functional groups attached to an aromatic ring is 1. The Morgan fingerprint density at radius 3 is 2.82 bits per heavy atom. The molecule has 0 spiro atoms. The van der Waals surface area contributed by atoms with E-state index in [0.717, 1.165) is 10.4 Å². The summed E-state index contributed by atoms with van der Waals surface area (Å²) >= 11 is 7.24. The first-order valence-corrected chi connectivity index (χ1v) is 9.49. The summed E-state index contributed by atoms with van der Waals surface area (Å²) in [7, 11) is 1.82. The molecule has 0 fully saturated rings. The van der Waals surface area contributed by atoms with Crippen LogP contribution in [0.1, 0.15) is 10.5 Å². The molecule has 0 radical (unpaired) electrons. The Morgan fingerprint density at radius 1 is 1.21 bits per heavy atom. The number of halogens is 1. The van der Waals surface area contributed by atoms with Gasteiger partial charge in [-0.05, 0) is 41.9 Å². The van der Waals surface area contributed by atoms with Crippen molar-refractivity contribution in [3.8, 4) is 21.8 Å². The van der Waals surface area contributed by atoms with Gasteiger partial charge in [-0.3, -0.25) is 4.79 Å². The first-order valence-electron chi connectivity index (χ1n) is 8.29. The molecule has 0 saturated heterocycles. The fourth-order valence-electron chi connectivity index (χ4n) is 2.80. The van der Waals surface area contributed by atoms with Crippen LogP contribution < -0.4 is 11.1 Å². The van der Waals surface area contributed by atoms with Crippen molar-refractivity contribution >= 4 is 39.7 Å². The number of thiazole rings is 1. The number of rotatable bonds is 4. The predicted molar refractivity (Wildman–Crippen MR) is 111 cm³/mol. The molecule has 1 amide bonds. The summed E-state index contributed by atoms with van der Waals surface area (Å²) in [6.07, 6.45) is 3.41. The van der Waals surface area contributed by atoms with Crippen molar-refractivity contribution in [1.29, 1.82) is 0 Å². The van der Waals surface area contributed by atoms with Crippen LogP contribution in [0.4, 0.5) is 10.8 Å². The van der Waals surface area contributed by atoms with Crippen molar-refractivity contribution in [2.24, 2.45) is 7.05 Å². The minimum Gasteiger partial charge on any atom is -0.375 e. The molecule has 28 heavy (non-hydrogen) atoms. The topological polar surface area (TPSA) is 98.7 Å². The molecule has 140 valence electrons. The van der Waals surface area contributed by atoms with Gasteiger partial charge in [-0.1, -0.05) is 23.5 Å². The number of nitrogens with zero attached hydrogens (tertiary/aromatic N) is 4. The summed E-state index contributed by atoms with van der Waals surface area (Å²) < 4.78 is 1.76. The lowest BCUT2D eigenvalue weighted by Gasteiger charge is -2.08. The van der Waals surface area contributed by atoms with Crippen LogP contribution in [0.15, 0.2) is 54.9 Å². The largest absolute Gasteiger partial charge is 0.375 e. The highest BCUT2D eigenvalue weighted by Crippen LogP contribution is 2.37. The van der Waals surface area contributed by atoms with E-state index in [4.69, 9.17) is 17.3 Å². The molecule has 0 unspecified atom stereocenters. The number of anilines is 2. The number of nitrogens with one attached hydrogen (secondary N) is 1. The normalized spacial score (nSPS) is 10.8. The lowest BCUT2D eigenvalue weighted by atomic mass is 10.1. The van der Waals surface area contributed by atoms with E-state index in [-0.39, 0.29) is 11.2 Å². The zero-order valence-corrected chi connectivity index (χ0v) is 16.3. The van der Waals surface area contributed by atoms with Crippen molar-refractivity contribution in [2.45, 2.75) is 0 Å². The second kappa shape index (κ2) is 7.41. The average Bonchev–Trinajstić information content (AvgIpc) is 3.27. The first-order chi connectivity index (χ1) is 13.5. The second-order valence-corrected chi connectivity index (χ2v) is 7.35. The lowest BCUT2D eigenvalue weighted by Crippen LogP contribution is -2.15. The van der Waals surface area contributed by atoms with Crippen molar-refractivity contribution in [2.75, 3.05) is 11.1 Å². The van der Waals surface area contributed by atoms with E-state index >= 15 is 0 Å². The fourth-order valence-corrected chi connectivity index (χ4v) is 3.78. The van der Waals surface area contributed by atoms with Crippen LogP contribution in [0.3, 0.4) is 0 Å². The molecule has 1 aromatic carbocycles. The highest BCUT2D eigenvalue weighted by atomic mass is 35.5. The molecule has 4 aromatic rings. The van der Waals surface area contributed by atoms with Gasteiger partial charge in [0.15, 0.2) is 5.13 Å². The summed E-state index contributed by atoms with van der Waals surface area (Å²) in [4.78, 5) is 25.9. The highest BCUT2D eigenvalue weighted by Gasteiger charge is 2.16. The Bertz CT molecular complexity index is 1170. The number of nitrogens with two attached hydrogens (primary N) is 1. The average molecular weight is 411 g/mol. The number of benzene rings is 1. The van der Waals surface area contributed by atoms with Crippen molar-refractivity contribution in [1.82, 2.24) is 19.5 Å². The van der Waals surface area contributed by atoms with Gasteiger partial charge in [0.25, 0.3) is 5.91 Å².